The SMILES string of the molecule is CN(C1CCCCNC1=O)C1CCCCC1N. The van der Waals surface area contributed by atoms with Crippen LogP contribution in [0.15, 0.2) is 0 Å². The van der Waals surface area contributed by atoms with Crippen molar-refractivity contribution in [3.8, 4) is 0 Å². The molecule has 2 rings (SSSR count). The van der Waals surface area contributed by atoms with Gasteiger partial charge in [-0.25, -0.2) is 0 Å². The van der Waals surface area contributed by atoms with Crippen molar-refractivity contribution >= 4 is 5.91 Å². The standard InChI is InChI=1S/C13H25N3O/c1-16(11-7-3-2-6-10(11)14)12-8-4-5-9-15-13(12)17/h10-12H,2-9,14H2,1H3,(H,15,17). The third-order valence-corrected chi connectivity index (χ3v) is 4.30. The van der Waals surface area contributed by atoms with E-state index in [9.17, 15) is 4.79 Å². The Labute approximate surface area is 104 Å². The number of amides is 1. The Hall–Kier alpha value is -0.610. The Morgan fingerprint density at radius 3 is 2.65 bits per heavy atom. The van der Waals surface area contributed by atoms with Gasteiger partial charge in [-0.05, 0) is 39.2 Å². The van der Waals surface area contributed by atoms with Crippen LogP contribution in [0, 0.1) is 0 Å². The molecule has 1 saturated carbocycles. The predicted molar refractivity (Wildman–Crippen MR) is 68.6 cm³/mol. The molecule has 4 nitrogen and oxygen atoms in total. The third kappa shape index (κ3) is 2.99. The van der Waals surface area contributed by atoms with E-state index in [0.29, 0.717) is 6.04 Å². The first kappa shape index (κ1) is 12.8. The lowest BCUT2D eigenvalue weighted by molar-refractivity contribution is -0.126. The lowest BCUT2D eigenvalue weighted by Gasteiger charge is -2.39. The monoisotopic (exact) mass is 239 g/mol. The van der Waals surface area contributed by atoms with Gasteiger partial charge >= 0.3 is 0 Å². The molecule has 1 amide bonds. The van der Waals surface area contributed by atoms with Gasteiger partial charge in [-0.2, -0.15) is 0 Å². The summed E-state index contributed by atoms with van der Waals surface area (Å²) in [5, 5.41) is 3.01. The van der Waals surface area contributed by atoms with Gasteiger partial charge < -0.3 is 11.1 Å². The fraction of sp³-hybridized carbons (Fsp3) is 0.923. The largest absolute Gasteiger partial charge is 0.355 e. The summed E-state index contributed by atoms with van der Waals surface area (Å²) in [6, 6.07) is 0.661. The predicted octanol–water partition coefficient (Wildman–Crippen LogP) is 0.857. The minimum atomic E-state index is 0.0339. The number of hydrogen-bond donors (Lipinski definition) is 2. The highest BCUT2D eigenvalue weighted by atomic mass is 16.2. The molecule has 1 heterocycles. The van der Waals surface area contributed by atoms with Crippen LogP contribution >= 0.6 is 0 Å². The van der Waals surface area contributed by atoms with Crippen molar-refractivity contribution in [1.29, 1.82) is 0 Å². The number of carbonyl (C=O) groups is 1. The maximum absolute atomic E-state index is 12.0. The quantitative estimate of drug-likeness (QED) is 0.751. The van der Waals surface area contributed by atoms with Crippen LogP contribution < -0.4 is 11.1 Å². The first-order chi connectivity index (χ1) is 8.20. The maximum Gasteiger partial charge on any atom is 0.237 e. The summed E-state index contributed by atoms with van der Waals surface area (Å²) < 4.78 is 0. The fourth-order valence-corrected chi connectivity index (χ4v) is 3.19. The van der Waals surface area contributed by atoms with Crippen molar-refractivity contribution in [1.82, 2.24) is 10.2 Å². The molecule has 0 radical (unpaired) electrons. The van der Waals surface area contributed by atoms with Crippen LogP contribution in [0.1, 0.15) is 44.9 Å². The zero-order valence-electron chi connectivity index (χ0n) is 10.8. The molecule has 2 aliphatic rings. The molecule has 0 aromatic carbocycles. The molecule has 0 bridgehead atoms. The van der Waals surface area contributed by atoms with Crippen LogP contribution in [-0.4, -0.2) is 42.5 Å². The van der Waals surface area contributed by atoms with Gasteiger partial charge in [0.1, 0.15) is 0 Å². The van der Waals surface area contributed by atoms with E-state index in [1.165, 1.54) is 12.8 Å². The lowest BCUT2D eigenvalue weighted by Crippen LogP contribution is -2.55. The van der Waals surface area contributed by atoms with Crippen LogP contribution in [0.25, 0.3) is 0 Å². The Bertz CT molecular complexity index is 269. The van der Waals surface area contributed by atoms with E-state index in [1.807, 2.05) is 0 Å². The molecule has 2 fully saturated rings. The summed E-state index contributed by atoms with van der Waals surface area (Å²) in [6.45, 7) is 0.833. The van der Waals surface area contributed by atoms with Crippen LogP contribution in [0.5, 0.6) is 0 Å². The molecule has 98 valence electrons. The van der Waals surface area contributed by atoms with Gasteiger partial charge in [-0.3, -0.25) is 9.69 Å². The molecule has 1 saturated heterocycles. The molecule has 3 N–H and O–H groups in total. The highest BCUT2D eigenvalue weighted by Crippen LogP contribution is 2.24. The summed E-state index contributed by atoms with van der Waals surface area (Å²) >= 11 is 0. The molecule has 0 spiro atoms. The molecule has 1 aliphatic carbocycles. The zero-order chi connectivity index (χ0) is 12.3. The number of carbonyl (C=O) groups excluding carboxylic acids is 1. The van der Waals surface area contributed by atoms with Crippen LogP contribution in [0.3, 0.4) is 0 Å². The van der Waals surface area contributed by atoms with E-state index >= 15 is 0 Å². The number of likely N-dealkylation sites (N-methyl/N-ethyl adjacent to an activating group) is 1. The molecule has 1 aliphatic heterocycles. The van der Waals surface area contributed by atoms with Crippen LogP contribution in [0.4, 0.5) is 0 Å². The Morgan fingerprint density at radius 1 is 1.18 bits per heavy atom. The summed E-state index contributed by atoms with van der Waals surface area (Å²) in [6.07, 6.45) is 7.94. The average Bonchev–Trinajstić information content (AvgIpc) is 2.54. The summed E-state index contributed by atoms with van der Waals surface area (Å²) in [7, 11) is 2.07. The highest BCUT2D eigenvalue weighted by Gasteiger charge is 2.33. The van der Waals surface area contributed by atoms with E-state index in [-0.39, 0.29) is 18.0 Å². The smallest absolute Gasteiger partial charge is 0.237 e. The number of nitrogens with zero attached hydrogens (tertiary/aromatic N) is 1. The van der Waals surface area contributed by atoms with E-state index in [4.69, 9.17) is 5.73 Å². The summed E-state index contributed by atoms with van der Waals surface area (Å²) in [5.74, 6) is 0.197. The molecule has 0 aromatic heterocycles. The minimum absolute atomic E-state index is 0.0339. The second-order valence-electron chi connectivity index (χ2n) is 5.48. The minimum Gasteiger partial charge on any atom is -0.355 e. The second kappa shape index (κ2) is 5.83. The van der Waals surface area contributed by atoms with Crippen LogP contribution in [-0.2, 0) is 4.79 Å². The maximum atomic E-state index is 12.0. The van der Waals surface area contributed by atoms with Crippen LogP contribution in [0.2, 0.25) is 0 Å². The number of nitrogens with one attached hydrogen (secondary N) is 1. The van der Waals surface area contributed by atoms with Gasteiger partial charge in [0.25, 0.3) is 0 Å². The highest BCUT2D eigenvalue weighted by molar-refractivity contribution is 5.81. The number of rotatable bonds is 2. The molecule has 0 aromatic rings. The summed E-state index contributed by atoms with van der Waals surface area (Å²) in [4.78, 5) is 14.3. The van der Waals surface area contributed by atoms with Crippen molar-refractivity contribution in [2.45, 2.75) is 63.1 Å². The normalized spacial score (nSPS) is 35.5. The first-order valence-electron chi connectivity index (χ1n) is 6.95. The lowest BCUT2D eigenvalue weighted by atomic mass is 9.89. The van der Waals surface area contributed by atoms with Gasteiger partial charge in [0, 0.05) is 18.6 Å². The average molecular weight is 239 g/mol. The van der Waals surface area contributed by atoms with E-state index in [1.54, 1.807) is 0 Å². The number of hydrogen-bond acceptors (Lipinski definition) is 3. The Morgan fingerprint density at radius 2 is 1.88 bits per heavy atom. The molecular weight excluding hydrogens is 214 g/mol. The van der Waals surface area contributed by atoms with Gasteiger partial charge in [0.2, 0.25) is 5.91 Å². The molecule has 3 atom stereocenters. The number of nitrogens with two attached hydrogens (primary N) is 1. The van der Waals surface area contributed by atoms with Crippen molar-refractivity contribution in [3.05, 3.63) is 0 Å². The third-order valence-electron chi connectivity index (χ3n) is 4.30. The van der Waals surface area contributed by atoms with E-state index in [0.717, 1.165) is 38.6 Å². The van der Waals surface area contributed by atoms with Gasteiger partial charge in [-0.15, -0.1) is 0 Å². The van der Waals surface area contributed by atoms with Crippen molar-refractivity contribution in [2.75, 3.05) is 13.6 Å². The van der Waals surface area contributed by atoms with Gasteiger partial charge in [-0.1, -0.05) is 12.8 Å². The van der Waals surface area contributed by atoms with Gasteiger partial charge in [0.15, 0.2) is 0 Å². The van der Waals surface area contributed by atoms with Crippen molar-refractivity contribution in [2.24, 2.45) is 5.73 Å². The molecule has 17 heavy (non-hydrogen) atoms. The van der Waals surface area contributed by atoms with E-state index in [2.05, 4.69) is 17.3 Å². The fourth-order valence-electron chi connectivity index (χ4n) is 3.19. The Kier molecular flexibility index (Phi) is 4.40. The van der Waals surface area contributed by atoms with E-state index < -0.39 is 0 Å². The summed E-state index contributed by atoms with van der Waals surface area (Å²) in [5.41, 5.74) is 6.20. The molecule has 3 unspecified atom stereocenters. The second-order valence-corrected chi connectivity index (χ2v) is 5.48. The zero-order valence-corrected chi connectivity index (χ0v) is 10.8. The molecule has 4 heteroatoms. The molecular formula is C13H25N3O. The van der Waals surface area contributed by atoms with Crippen molar-refractivity contribution < 1.29 is 4.79 Å². The Balaban J connectivity index is 2.01. The van der Waals surface area contributed by atoms with Gasteiger partial charge in [0.05, 0.1) is 6.04 Å². The first-order valence-corrected chi connectivity index (χ1v) is 6.95. The topological polar surface area (TPSA) is 58.4 Å². The van der Waals surface area contributed by atoms with Crippen molar-refractivity contribution in [3.63, 3.8) is 0 Å².